The Hall–Kier alpha value is -0.350. The first kappa shape index (κ1) is 8.74. The molecule has 0 amide bonds. The maximum atomic E-state index is 10.9. The van der Waals surface area contributed by atoms with E-state index in [0.29, 0.717) is 12.8 Å². The van der Waals surface area contributed by atoms with Crippen LogP contribution in [-0.4, -0.2) is 13.7 Å². The molecule has 0 radical (unpaired) electrons. The predicted octanol–water partition coefficient (Wildman–Crippen LogP) is 0.774. The molecule has 64 valence electrons. The van der Waals surface area contributed by atoms with Gasteiger partial charge in [0.2, 0.25) is 10.0 Å². The van der Waals surface area contributed by atoms with Crippen LogP contribution in [0, 0.1) is 0 Å². The molecule has 1 rings (SSSR count). The summed E-state index contributed by atoms with van der Waals surface area (Å²) in [6.45, 7) is 3.76. The van der Waals surface area contributed by atoms with Crippen LogP contribution >= 0.6 is 0 Å². The molecular formula is C7H13NO2S. The van der Waals surface area contributed by atoms with Crippen molar-refractivity contribution in [1.29, 1.82) is 0 Å². The highest BCUT2D eigenvalue weighted by Crippen LogP contribution is 2.25. The molecule has 1 aliphatic rings. The zero-order valence-corrected chi connectivity index (χ0v) is 7.23. The largest absolute Gasteiger partial charge is 0.228 e. The van der Waals surface area contributed by atoms with E-state index >= 15 is 0 Å². The molecule has 0 bridgehead atoms. The molecule has 1 fully saturated rings. The molecule has 0 aromatic heterocycles. The van der Waals surface area contributed by atoms with Crippen molar-refractivity contribution >= 4 is 10.0 Å². The first-order valence-electron chi connectivity index (χ1n) is 3.68. The SMILES string of the molecule is C=C1CCCC(S(N)(=O)=O)C1. The van der Waals surface area contributed by atoms with Gasteiger partial charge in [-0.3, -0.25) is 0 Å². The van der Waals surface area contributed by atoms with E-state index in [9.17, 15) is 8.42 Å². The van der Waals surface area contributed by atoms with E-state index in [2.05, 4.69) is 6.58 Å². The van der Waals surface area contributed by atoms with E-state index in [1.807, 2.05) is 0 Å². The van der Waals surface area contributed by atoms with E-state index in [-0.39, 0.29) is 5.25 Å². The molecule has 1 saturated carbocycles. The van der Waals surface area contributed by atoms with E-state index in [1.54, 1.807) is 0 Å². The number of sulfonamides is 1. The van der Waals surface area contributed by atoms with Crippen molar-refractivity contribution in [1.82, 2.24) is 0 Å². The lowest BCUT2D eigenvalue weighted by Crippen LogP contribution is -2.30. The van der Waals surface area contributed by atoms with Crippen molar-refractivity contribution in [2.75, 3.05) is 0 Å². The number of primary sulfonamides is 1. The topological polar surface area (TPSA) is 60.2 Å². The molecule has 0 heterocycles. The molecule has 0 spiro atoms. The zero-order chi connectivity index (χ0) is 8.48. The summed E-state index contributed by atoms with van der Waals surface area (Å²) >= 11 is 0. The minimum absolute atomic E-state index is 0.372. The third-order valence-electron chi connectivity index (χ3n) is 2.04. The van der Waals surface area contributed by atoms with Crippen molar-refractivity contribution < 1.29 is 8.42 Å². The van der Waals surface area contributed by atoms with Gasteiger partial charge < -0.3 is 0 Å². The lowest BCUT2D eigenvalue weighted by molar-refractivity contribution is 0.541. The van der Waals surface area contributed by atoms with Gasteiger partial charge in [-0.15, -0.1) is 0 Å². The van der Waals surface area contributed by atoms with Crippen LogP contribution in [0.2, 0.25) is 0 Å². The lowest BCUT2D eigenvalue weighted by atomic mass is 9.96. The normalized spacial score (nSPS) is 27.0. The van der Waals surface area contributed by atoms with Crippen LogP contribution in [0.15, 0.2) is 12.2 Å². The summed E-state index contributed by atoms with van der Waals surface area (Å²) in [5.41, 5.74) is 1.01. The Labute approximate surface area is 67.3 Å². The molecule has 0 saturated heterocycles. The molecule has 1 aliphatic carbocycles. The highest BCUT2D eigenvalue weighted by Gasteiger charge is 2.24. The van der Waals surface area contributed by atoms with Gasteiger partial charge in [-0.25, -0.2) is 13.6 Å². The van der Waals surface area contributed by atoms with Gasteiger partial charge in [0.15, 0.2) is 0 Å². The third kappa shape index (κ3) is 2.31. The molecule has 0 aromatic rings. The maximum Gasteiger partial charge on any atom is 0.212 e. The molecule has 0 aliphatic heterocycles. The second-order valence-corrected chi connectivity index (χ2v) is 4.90. The second-order valence-electron chi connectivity index (χ2n) is 3.06. The Morgan fingerprint density at radius 3 is 2.55 bits per heavy atom. The molecule has 11 heavy (non-hydrogen) atoms. The number of rotatable bonds is 1. The molecule has 0 aromatic carbocycles. The first-order valence-corrected chi connectivity index (χ1v) is 5.29. The Bertz CT molecular complexity index is 256. The summed E-state index contributed by atoms with van der Waals surface area (Å²) in [7, 11) is -3.32. The summed E-state index contributed by atoms with van der Waals surface area (Å²) in [6.07, 6.45) is 3.10. The zero-order valence-electron chi connectivity index (χ0n) is 6.41. The second kappa shape index (κ2) is 2.95. The fraction of sp³-hybridized carbons (Fsp3) is 0.714. The average molecular weight is 175 g/mol. The van der Waals surface area contributed by atoms with Gasteiger partial charge in [-0.1, -0.05) is 12.2 Å². The van der Waals surface area contributed by atoms with E-state index in [4.69, 9.17) is 5.14 Å². The number of hydrogen-bond acceptors (Lipinski definition) is 2. The van der Waals surface area contributed by atoms with Crippen molar-refractivity contribution in [3.8, 4) is 0 Å². The van der Waals surface area contributed by atoms with Gasteiger partial charge in [0.25, 0.3) is 0 Å². The Kier molecular flexibility index (Phi) is 2.34. The summed E-state index contributed by atoms with van der Waals surface area (Å²) in [5.74, 6) is 0. The minimum atomic E-state index is -3.32. The minimum Gasteiger partial charge on any atom is -0.228 e. The number of hydrogen-bond donors (Lipinski definition) is 1. The maximum absolute atomic E-state index is 10.9. The predicted molar refractivity (Wildman–Crippen MR) is 44.5 cm³/mol. The Morgan fingerprint density at radius 2 is 2.18 bits per heavy atom. The third-order valence-corrected chi connectivity index (χ3v) is 3.37. The van der Waals surface area contributed by atoms with Crippen molar-refractivity contribution in [3.63, 3.8) is 0 Å². The molecule has 2 N–H and O–H groups in total. The van der Waals surface area contributed by atoms with Crippen LogP contribution in [0.3, 0.4) is 0 Å². The monoisotopic (exact) mass is 175 g/mol. The van der Waals surface area contributed by atoms with Crippen LogP contribution in [0.4, 0.5) is 0 Å². The fourth-order valence-electron chi connectivity index (χ4n) is 1.39. The van der Waals surface area contributed by atoms with E-state index in [1.165, 1.54) is 0 Å². The summed E-state index contributed by atoms with van der Waals surface area (Å²) < 4.78 is 21.7. The van der Waals surface area contributed by atoms with Gasteiger partial charge in [-0.2, -0.15) is 0 Å². The number of allylic oxidation sites excluding steroid dienone is 1. The van der Waals surface area contributed by atoms with Crippen molar-refractivity contribution in [2.45, 2.75) is 30.9 Å². The van der Waals surface area contributed by atoms with Crippen LogP contribution in [-0.2, 0) is 10.0 Å². The van der Waals surface area contributed by atoms with Crippen LogP contribution in [0.1, 0.15) is 25.7 Å². The van der Waals surface area contributed by atoms with Crippen molar-refractivity contribution in [3.05, 3.63) is 12.2 Å². The van der Waals surface area contributed by atoms with E-state index < -0.39 is 10.0 Å². The lowest BCUT2D eigenvalue weighted by Gasteiger charge is -2.20. The van der Waals surface area contributed by atoms with Gasteiger partial charge in [0.1, 0.15) is 0 Å². The highest BCUT2D eigenvalue weighted by atomic mass is 32.2. The molecule has 3 nitrogen and oxygen atoms in total. The Morgan fingerprint density at radius 1 is 1.55 bits per heavy atom. The van der Waals surface area contributed by atoms with Crippen LogP contribution in [0.5, 0.6) is 0 Å². The van der Waals surface area contributed by atoms with Gasteiger partial charge >= 0.3 is 0 Å². The first-order chi connectivity index (χ1) is 5.00. The van der Waals surface area contributed by atoms with Crippen LogP contribution in [0.25, 0.3) is 0 Å². The molecule has 4 heteroatoms. The quantitative estimate of drug-likeness (QED) is 0.598. The smallest absolute Gasteiger partial charge is 0.212 e. The molecule has 1 unspecified atom stereocenters. The highest BCUT2D eigenvalue weighted by molar-refractivity contribution is 7.89. The standard InChI is InChI=1S/C7H13NO2S/c1-6-3-2-4-7(5-6)11(8,9)10/h7H,1-5H2,(H2,8,9,10). The van der Waals surface area contributed by atoms with Gasteiger partial charge in [-0.05, 0) is 25.7 Å². The van der Waals surface area contributed by atoms with Gasteiger partial charge in [0, 0.05) is 0 Å². The molecular weight excluding hydrogens is 162 g/mol. The van der Waals surface area contributed by atoms with Gasteiger partial charge in [0.05, 0.1) is 5.25 Å². The molecule has 1 atom stereocenters. The number of nitrogens with two attached hydrogens (primary N) is 1. The Balaban J connectivity index is 2.68. The van der Waals surface area contributed by atoms with Crippen LogP contribution < -0.4 is 5.14 Å². The summed E-state index contributed by atoms with van der Waals surface area (Å²) in [6, 6.07) is 0. The average Bonchev–Trinajstić information content (AvgIpc) is 1.86. The summed E-state index contributed by atoms with van der Waals surface area (Å²) in [5, 5.41) is 4.63. The van der Waals surface area contributed by atoms with Crippen molar-refractivity contribution in [2.24, 2.45) is 5.14 Å². The van der Waals surface area contributed by atoms with E-state index in [0.717, 1.165) is 18.4 Å². The summed E-state index contributed by atoms with van der Waals surface area (Å²) in [4.78, 5) is 0. The fourth-order valence-corrected chi connectivity index (χ4v) is 2.35.